The summed E-state index contributed by atoms with van der Waals surface area (Å²) < 4.78 is 22.2. The third kappa shape index (κ3) is 3.31. The first-order valence-electron chi connectivity index (χ1n) is 5.96. The summed E-state index contributed by atoms with van der Waals surface area (Å²) in [6.45, 7) is 1.25. The largest absolute Gasteiger partial charge is 0.480 e. The van der Waals surface area contributed by atoms with Crippen molar-refractivity contribution in [3.05, 3.63) is 29.8 Å². The van der Waals surface area contributed by atoms with Gasteiger partial charge in [0.05, 0.1) is 4.90 Å². The van der Waals surface area contributed by atoms with Gasteiger partial charge in [-0.3, -0.25) is 9.69 Å². The molecule has 0 amide bonds. The maximum absolute atomic E-state index is 11.1. The molecule has 0 bridgehead atoms. The Kier molecular flexibility index (Phi) is 3.88. The Hall–Kier alpha value is -1.44. The van der Waals surface area contributed by atoms with Crippen LogP contribution in [0.2, 0.25) is 0 Å². The zero-order valence-electron chi connectivity index (χ0n) is 10.3. The Morgan fingerprint density at radius 1 is 1.37 bits per heavy atom. The van der Waals surface area contributed by atoms with Crippen LogP contribution in [0.1, 0.15) is 18.4 Å². The number of benzene rings is 1. The highest BCUT2D eigenvalue weighted by Gasteiger charge is 2.30. The van der Waals surface area contributed by atoms with Crippen molar-refractivity contribution in [3.63, 3.8) is 0 Å². The number of rotatable bonds is 4. The van der Waals surface area contributed by atoms with Crippen molar-refractivity contribution in [2.24, 2.45) is 5.14 Å². The molecule has 0 radical (unpaired) electrons. The summed E-state index contributed by atoms with van der Waals surface area (Å²) in [7, 11) is -3.68. The second kappa shape index (κ2) is 5.28. The molecule has 3 N–H and O–H groups in total. The minimum absolute atomic E-state index is 0.0625. The highest BCUT2D eigenvalue weighted by Crippen LogP contribution is 2.20. The van der Waals surface area contributed by atoms with Gasteiger partial charge in [-0.1, -0.05) is 12.1 Å². The molecule has 2 rings (SSSR count). The smallest absolute Gasteiger partial charge is 0.320 e. The topological polar surface area (TPSA) is 101 Å². The predicted octanol–water partition coefficient (Wildman–Crippen LogP) is 0.383. The van der Waals surface area contributed by atoms with Crippen molar-refractivity contribution in [1.82, 2.24) is 4.90 Å². The molecule has 0 aliphatic carbocycles. The second-order valence-corrected chi connectivity index (χ2v) is 6.22. The van der Waals surface area contributed by atoms with E-state index in [-0.39, 0.29) is 4.90 Å². The Morgan fingerprint density at radius 3 is 2.53 bits per heavy atom. The zero-order chi connectivity index (χ0) is 14.0. The monoisotopic (exact) mass is 284 g/mol. The van der Waals surface area contributed by atoms with Crippen molar-refractivity contribution in [1.29, 1.82) is 0 Å². The number of nitrogens with zero attached hydrogens (tertiary/aromatic N) is 1. The fourth-order valence-corrected chi connectivity index (χ4v) is 2.83. The average molecular weight is 284 g/mol. The maximum atomic E-state index is 11.1. The van der Waals surface area contributed by atoms with Gasteiger partial charge in [0, 0.05) is 6.54 Å². The van der Waals surface area contributed by atoms with Crippen LogP contribution in [0.3, 0.4) is 0 Å². The van der Waals surface area contributed by atoms with E-state index in [1.165, 1.54) is 12.1 Å². The number of nitrogens with two attached hydrogens (primary N) is 1. The van der Waals surface area contributed by atoms with Crippen LogP contribution >= 0.6 is 0 Å². The normalized spacial score (nSPS) is 20.6. The molecule has 0 saturated carbocycles. The van der Waals surface area contributed by atoms with E-state index in [1.54, 1.807) is 12.1 Å². The van der Waals surface area contributed by atoms with E-state index < -0.39 is 22.0 Å². The van der Waals surface area contributed by atoms with Crippen molar-refractivity contribution in [2.45, 2.75) is 30.3 Å². The van der Waals surface area contributed by atoms with E-state index in [2.05, 4.69) is 0 Å². The summed E-state index contributed by atoms with van der Waals surface area (Å²) in [5.74, 6) is -0.807. The minimum atomic E-state index is -3.68. The third-order valence-electron chi connectivity index (χ3n) is 3.29. The van der Waals surface area contributed by atoms with E-state index in [1.807, 2.05) is 4.90 Å². The molecule has 1 heterocycles. The lowest BCUT2D eigenvalue weighted by molar-refractivity contribution is -0.142. The van der Waals surface area contributed by atoms with Crippen LogP contribution in [0.25, 0.3) is 0 Å². The van der Waals surface area contributed by atoms with E-state index >= 15 is 0 Å². The molecule has 0 spiro atoms. The van der Waals surface area contributed by atoms with Crippen LogP contribution in [0.5, 0.6) is 0 Å². The zero-order valence-corrected chi connectivity index (χ0v) is 11.1. The standard InChI is InChI=1S/C12H16N2O4S/c13-19(17,18)10-5-3-9(4-6-10)8-14-7-1-2-11(14)12(15)16/h3-6,11H,1-2,7-8H2,(H,15,16)(H2,13,17,18). The van der Waals surface area contributed by atoms with Gasteiger partial charge in [-0.05, 0) is 37.1 Å². The van der Waals surface area contributed by atoms with E-state index in [0.717, 1.165) is 18.5 Å². The first kappa shape index (κ1) is 14.0. The lowest BCUT2D eigenvalue weighted by Gasteiger charge is -2.20. The van der Waals surface area contributed by atoms with Gasteiger partial charge in [-0.25, -0.2) is 13.6 Å². The summed E-state index contributed by atoms with van der Waals surface area (Å²) in [5, 5.41) is 14.1. The first-order chi connectivity index (χ1) is 8.88. The van der Waals surface area contributed by atoms with Crippen molar-refractivity contribution in [3.8, 4) is 0 Å². The number of hydrogen-bond donors (Lipinski definition) is 2. The molecular weight excluding hydrogens is 268 g/mol. The van der Waals surface area contributed by atoms with Gasteiger partial charge in [0.1, 0.15) is 6.04 Å². The van der Waals surface area contributed by atoms with Crippen LogP contribution in [-0.2, 0) is 21.4 Å². The fraction of sp³-hybridized carbons (Fsp3) is 0.417. The molecule has 1 aliphatic heterocycles. The number of hydrogen-bond acceptors (Lipinski definition) is 4. The molecule has 1 atom stereocenters. The number of carbonyl (C=O) groups is 1. The summed E-state index contributed by atoms with van der Waals surface area (Å²) in [6, 6.07) is 5.76. The Labute approximate surface area is 111 Å². The summed E-state index contributed by atoms with van der Waals surface area (Å²) in [4.78, 5) is 13.0. The number of carboxylic acid groups (broad SMARTS) is 1. The van der Waals surface area contributed by atoms with Crippen LogP contribution < -0.4 is 5.14 Å². The van der Waals surface area contributed by atoms with Crippen molar-refractivity contribution >= 4 is 16.0 Å². The van der Waals surface area contributed by atoms with Gasteiger partial charge < -0.3 is 5.11 Å². The van der Waals surface area contributed by atoms with Crippen molar-refractivity contribution < 1.29 is 18.3 Å². The lowest BCUT2D eigenvalue weighted by Crippen LogP contribution is -2.35. The quantitative estimate of drug-likeness (QED) is 0.832. The van der Waals surface area contributed by atoms with Gasteiger partial charge in [0.15, 0.2) is 0 Å². The molecule has 1 aromatic carbocycles. The first-order valence-corrected chi connectivity index (χ1v) is 7.51. The molecule has 7 heteroatoms. The fourth-order valence-electron chi connectivity index (χ4n) is 2.31. The van der Waals surface area contributed by atoms with E-state index in [0.29, 0.717) is 13.0 Å². The Bertz CT molecular complexity index is 568. The summed E-state index contributed by atoms with van der Waals surface area (Å²) in [5.41, 5.74) is 0.876. The van der Waals surface area contributed by atoms with Gasteiger partial charge in [-0.15, -0.1) is 0 Å². The van der Waals surface area contributed by atoms with Crippen LogP contribution in [-0.4, -0.2) is 37.0 Å². The lowest BCUT2D eigenvalue weighted by atomic mass is 10.2. The van der Waals surface area contributed by atoms with Crippen LogP contribution in [0, 0.1) is 0 Å². The predicted molar refractivity (Wildman–Crippen MR) is 68.9 cm³/mol. The molecule has 1 aliphatic rings. The van der Waals surface area contributed by atoms with Gasteiger partial charge in [-0.2, -0.15) is 0 Å². The highest BCUT2D eigenvalue weighted by atomic mass is 32.2. The van der Waals surface area contributed by atoms with Gasteiger partial charge in [0.25, 0.3) is 0 Å². The molecule has 1 saturated heterocycles. The molecular formula is C12H16N2O4S. The number of carboxylic acids is 1. The molecule has 1 unspecified atom stereocenters. The third-order valence-corrected chi connectivity index (χ3v) is 4.22. The summed E-state index contributed by atoms with van der Waals surface area (Å²) in [6.07, 6.45) is 1.52. The molecule has 19 heavy (non-hydrogen) atoms. The van der Waals surface area contributed by atoms with Crippen molar-refractivity contribution in [2.75, 3.05) is 6.54 Å². The molecule has 0 aromatic heterocycles. The van der Waals surface area contributed by atoms with E-state index in [9.17, 15) is 13.2 Å². The highest BCUT2D eigenvalue weighted by molar-refractivity contribution is 7.89. The molecule has 1 aromatic rings. The second-order valence-electron chi connectivity index (χ2n) is 4.66. The Balaban J connectivity index is 2.10. The van der Waals surface area contributed by atoms with Crippen LogP contribution in [0.4, 0.5) is 0 Å². The van der Waals surface area contributed by atoms with Gasteiger partial charge in [0.2, 0.25) is 10.0 Å². The number of likely N-dealkylation sites (tertiary alicyclic amines) is 1. The van der Waals surface area contributed by atoms with E-state index in [4.69, 9.17) is 10.2 Å². The molecule has 6 nitrogen and oxygen atoms in total. The summed E-state index contributed by atoms with van der Waals surface area (Å²) >= 11 is 0. The SMILES string of the molecule is NS(=O)(=O)c1ccc(CN2CCCC2C(=O)O)cc1. The minimum Gasteiger partial charge on any atom is -0.480 e. The van der Waals surface area contributed by atoms with Crippen LogP contribution in [0.15, 0.2) is 29.2 Å². The molecule has 104 valence electrons. The maximum Gasteiger partial charge on any atom is 0.320 e. The Morgan fingerprint density at radius 2 is 2.00 bits per heavy atom. The van der Waals surface area contributed by atoms with Gasteiger partial charge >= 0.3 is 5.97 Å². The number of primary sulfonamides is 1. The average Bonchev–Trinajstić information content (AvgIpc) is 2.77. The molecule has 1 fully saturated rings. The number of sulfonamides is 1. The number of aliphatic carboxylic acids is 1.